The highest BCUT2D eigenvalue weighted by Gasteiger charge is 2.21. The number of carbonyl (C=O) groups is 1. The van der Waals surface area contributed by atoms with Gasteiger partial charge in [0.15, 0.2) is 0 Å². The van der Waals surface area contributed by atoms with E-state index >= 15 is 0 Å². The van der Waals surface area contributed by atoms with Gasteiger partial charge in [0.05, 0.1) is 0 Å². The Labute approximate surface area is 107 Å². The Morgan fingerprint density at radius 2 is 1.65 bits per heavy atom. The summed E-state index contributed by atoms with van der Waals surface area (Å²) in [5.41, 5.74) is -0.406. The van der Waals surface area contributed by atoms with Crippen molar-refractivity contribution < 1.29 is 9.53 Å². The number of rotatable bonds is 6. The van der Waals surface area contributed by atoms with Crippen LogP contribution in [0.2, 0.25) is 0 Å². The molecule has 0 atom stereocenters. The lowest BCUT2D eigenvalue weighted by Gasteiger charge is -2.27. The van der Waals surface area contributed by atoms with Crippen LogP contribution >= 0.6 is 0 Å². The van der Waals surface area contributed by atoms with Gasteiger partial charge in [-0.25, -0.2) is 4.79 Å². The van der Waals surface area contributed by atoms with Crippen LogP contribution in [0.4, 0.5) is 4.79 Å². The maximum absolute atomic E-state index is 11.8. The molecule has 3 heteroatoms. The first kappa shape index (κ1) is 16.3. The molecule has 0 aliphatic heterocycles. The van der Waals surface area contributed by atoms with Gasteiger partial charge in [-0.1, -0.05) is 26.7 Å². The summed E-state index contributed by atoms with van der Waals surface area (Å²) in [7, 11) is 1.83. The first-order chi connectivity index (χ1) is 7.80. The molecule has 0 unspecified atom stereocenters. The molecule has 0 radical (unpaired) electrons. The van der Waals surface area contributed by atoms with Crippen molar-refractivity contribution in [2.24, 2.45) is 5.92 Å². The fourth-order valence-corrected chi connectivity index (χ4v) is 1.95. The molecule has 0 saturated carbocycles. The molecular weight excluding hydrogens is 214 g/mol. The van der Waals surface area contributed by atoms with Crippen molar-refractivity contribution in [1.82, 2.24) is 4.90 Å². The zero-order valence-electron chi connectivity index (χ0n) is 12.4. The summed E-state index contributed by atoms with van der Waals surface area (Å²) in [6, 6.07) is 0. The summed E-state index contributed by atoms with van der Waals surface area (Å²) in [6.45, 7) is 10.9. The molecule has 0 fully saturated rings. The highest BCUT2D eigenvalue weighted by atomic mass is 16.6. The monoisotopic (exact) mass is 243 g/mol. The zero-order valence-corrected chi connectivity index (χ0v) is 12.4. The van der Waals surface area contributed by atoms with Crippen molar-refractivity contribution in [3.8, 4) is 0 Å². The van der Waals surface area contributed by atoms with Gasteiger partial charge in [-0.2, -0.15) is 0 Å². The Kier molecular flexibility index (Phi) is 7.24. The van der Waals surface area contributed by atoms with Crippen LogP contribution in [0.5, 0.6) is 0 Å². The Balaban J connectivity index is 4.19. The second-order valence-corrected chi connectivity index (χ2v) is 5.80. The minimum atomic E-state index is -0.406. The van der Waals surface area contributed by atoms with Gasteiger partial charge in [0.2, 0.25) is 0 Å². The van der Waals surface area contributed by atoms with Gasteiger partial charge >= 0.3 is 6.09 Å². The van der Waals surface area contributed by atoms with Crippen LogP contribution in [0, 0.1) is 5.92 Å². The zero-order chi connectivity index (χ0) is 13.5. The molecule has 102 valence electrons. The minimum absolute atomic E-state index is 0.213. The number of carbonyl (C=O) groups excluding carboxylic acids is 1. The van der Waals surface area contributed by atoms with Crippen molar-refractivity contribution in [1.29, 1.82) is 0 Å². The summed E-state index contributed by atoms with van der Waals surface area (Å²) in [4.78, 5) is 13.5. The van der Waals surface area contributed by atoms with Crippen molar-refractivity contribution >= 4 is 6.09 Å². The molecule has 0 aliphatic rings. The molecule has 0 rings (SSSR count). The van der Waals surface area contributed by atoms with Gasteiger partial charge in [-0.15, -0.1) is 0 Å². The van der Waals surface area contributed by atoms with Crippen LogP contribution in [-0.4, -0.2) is 30.2 Å². The number of nitrogens with zero attached hydrogens (tertiary/aromatic N) is 1. The number of hydrogen-bond acceptors (Lipinski definition) is 2. The van der Waals surface area contributed by atoms with Crippen LogP contribution < -0.4 is 0 Å². The molecule has 17 heavy (non-hydrogen) atoms. The molecule has 3 nitrogen and oxygen atoms in total. The second kappa shape index (κ2) is 7.57. The van der Waals surface area contributed by atoms with E-state index in [0.29, 0.717) is 5.92 Å². The quantitative estimate of drug-likeness (QED) is 0.703. The highest BCUT2D eigenvalue weighted by Crippen LogP contribution is 2.16. The Morgan fingerprint density at radius 1 is 1.18 bits per heavy atom. The van der Waals surface area contributed by atoms with E-state index in [-0.39, 0.29) is 6.09 Å². The maximum atomic E-state index is 11.8. The molecule has 0 saturated heterocycles. The fraction of sp³-hybridized carbons (Fsp3) is 0.929. The van der Waals surface area contributed by atoms with Crippen LogP contribution in [0.3, 0.4) is 0 Å². The van der Waals surface area contributed by atoms with E-state index < -0.39 is 5.60 Å². The molecule has 0 aliphatic carbocycles. The predicted molar refractivity (Wildman–Crippen MR) is 72.2 cm³/mol. The van der Waals surface area contributed by atoms with E-state index in [9.17, 15) is 4.79 Å². The molecule has 0 aromatic rings. The molecule has 0 heterocycles. The molecule has 1 amide bonds. The molecule has 0 N–H and O–H groups in total. The molecule has 0 aromatic carbocycles. The molecule has 0 spiro atoms. The minimum Gasteiger partial charge on any atom is -0.444 e. The van der Waals surface area contributed by atoms with E-state index in [2.05, 4.69) is 13.8 Å². The summed E-state index contributed by atoms with van der Waals surface area (Å²) >= 11 is 0. The molecule has 0 aromatic heterocycles. The Hall–Kier alpha value is -0.730. The Bertz CT molecular complexity index is 215. The summed E-state index contributed by atoms with van der Waals surface area (Å²) in [5.74, 6) is 0.600. The number of ether oxygens (including phenoxy) is 1. The SMILES string of the molecule is CCCC(CCC)CN(C)C(=O)OC(C)(C)C. The third-order valence-electron chi connectivity index (χ3n) is 2.63. The van der Waals surface area contributed by atoms with E-state index in [1.54, 1.807) is 4.90 Å². The topological polar surface area (TPSA) is 29.5 Å². The second-order valence-electron chi connectivity index (χ2n) is 5.80. The van der Waals surface area contributed by atoms with E-state index in [4.69, 9.17) is 4.74 Å². The average molecular weight is 243 g/mol. The van der Waals surface area contributed by atoms with Gasteiger partial charge in [0.25, 0.3) is 0 Å². The lowest BCUT2D eigenvalue weighted by molar-refractivity contribution is 0.0268. The van der Waals surface area contributed by atoms with Crippen molar-refractivity contribution in [2.45, 2.75) is 65.9 Å². The van der Waals surface area contributed by atoms with E-state index in [1.165, 1.54) is 25.7 Å². The van der Waals surface area contributed by atoms with Crippen LogP contribution in [-0.2, 0) is 4.74 Å². The van der Waals surface area contributed by atoms with Gasteiger partial charge in [-0.05, 0) is 39.5 Å². The first-order valence-corrected chi connectivity index (χ1v) is 6.74. The van der Waals surface area contributed by atoms with Crippen LogP contribution in [0.1, 0.15) is 60.3 Å². The number of hydrogen-bond donors (Lipinski definition) is 0. The summed E-state index contributed by atoms with van der Waals surface area (Å²) in [5, 5.41) is 0. The molecule has 0 bridgehead atoms. The number of amides is 1. The van der Waals surface area contributed by atoms with Crippen molar-refractivity contribution in [3.05, 3.63) is 0 Å². The van der Waals surface area contributed by atoms with Crippen LogP contribution in [0.15, 0.2) is 0 Å². The lowest BCUT2D eigenvalue weighted by Crippen LogP contribution is -2.37. The van der Waals surface area contributed by atoms with E-state index in [1.807, 2.05) is 27.8 Å². The summed E-state index contributed by atoms with van der Waals surface area (Å²) < 4.78 is 5.34. The van der Waals surface area contributed by atoms with Crippen molar-refractivity contribution in [3.63, 3.8) is 0 Å². The van der Waals surface area contributed by atoms with Gasteiger partial charge in [0, 0.05) is 13.6 Å². The fourth-order valence-electron chi connectivity index (χ4n) is 1.95. The normalized spacial score (nSPS) is 11.7. The molecular formula is C14H29NO2. The average Bonchev–Trinajstić information content (AvgIpc) is 2.15. The van der Waals surface area contributed by atoms with E-state index in [0.717, 1.165) is 6.54 Å². The van der Waals surface area contributed by atoms with Gasteiger partial charge in [-0.3, -0.25) is 0 Å². The maximum Gasteiger partial charge on any atom is 0.410 e. The largest absolute Gasteiger partial charge is 0.444 e. The third-order valence-corrected chi connectivity index (χ3v) is 2.63. The van der Waals surface area contributed by atoms with Gasteiger partial charge in [0.1, 0.15) is 5.60 Å². The third kappa shape index (κ3) is 8.06. The highest BCUT2D eigenvalue weighted by molar-refractivity contribution is 5.67. The summed E-state index contributed by atoms with van der Waals surface area (Å²) in [6.07, 6.45) is 4.50. The first-order valence-electron chi connectivity index (χ1n) is 6.74. The van der Waals surface area contributed by atoms with Crippen LogP contribution in [0.25, 0.3) is 0 Å². The predicted octanol–water partition coefficient (Wildman–Crippen LogP) is 4.07. The smallest absolute Gasteiger partial charge is 0.410 e. The lowest BCUT2D eigenvalue weighted by atomic mass is 9.98. The van der Waals surface area contributed by atoms with Crippen molar-refractivity contribution in [2.75, 3.05) is 13.6 Å². The Morgan fingerprint density at radius 3 is 2.00 bits per heavy atom. The van der Waals surface area contributed by atoms with Gasteiger partial charge < -0.3 is 9.64 Å². The standard InChI is InChI=1S/C14H29NO2/c1-7-9-12(10-8-2)11-15(6)13(16)17-14(3,4)5/h12H,7-11H2,1-6H3.